The first-order valence-electron chi connectivity index (χ1n) is 7.80. The van der Waals surface area contributed by atoms with Gasteiger partial charge in [-0.25, -0.2) is 0 Å². The molecule has 1 aromatic heterocycles. The van der Waals surface area contributed by atoms with Gasteiger partial charge in [0.2, 0.25) is 5.91 Å². The highest BCUT2D eigenvalue weighted by Gasteiger charge is 2.37. The van der Waals surface area contributed by atoms with E-state index in [-0.39, 0.29) is 11.8 Å². The third-order valence-electron chi connectivity index (χ3n) is 4.18. The summed E-state index contributed by atoms with van der Waals surface area (Å²) in [5.74, 6) is 0.935. The molecule has 5 nitrogen and oxygen atoms in total. The molecule has 0 aromatic carbocycles. The maximum Gasteiger partial charge on any atom is 0.271 e. The normalized spacial score (nSPS) is 21.6. The molecule has 1 N–H and O–H groups in total. The number of hydrogen-bond acceptors (Lipinski definition) is 2. The van der Waals surface area contributed by atoms with E-state index in [0.717, 1.165) is 6.54 Å². The van der Waals surface area contributed by atoms with Crippen molar-refractivity contribution in [3.8, 4) is 0 Å². The van der Waals surface area contributed by atoms with Crippen LogP contribution in [0.1, 0.15) is 37.2 Å². The van der Waals surface area contributed by atoms with Gasteiger partial charge in [0.25, 0.3) is 5.91 Å². The van der Waals surface area contributed by atoms with Crippen LogP contribution in [-0.4, -0.2) is 40.4 Å². The summed E-state index contributed by atoms with van der Waals surface area (Å²) >= 11 is 0. The SMILES string of the molecule is CC(C)CN1C(=O)c2cccn2CC1C(=O)NCC1CC1. The molecule has 0 radical (unpaired) electrons. The predicted molar refractivity (Wildman–Crippen MR) is 79.8 cm³/mol. The summed E-state index contributed by atoms with van der Waals surface area (Å²) in [5, 5.41) is 3.01. The lowest BCUT2D eigenvalue weighted by molar-refractivity contribution is -0.126. The molecule has 5 heteroatoms. The Kier molecular flexibility index (Phi) is 3.74. The summed E-state index contributed by atoms with van der Waals surface area (Å²) in [6.45, 7) is 6.06. The molecular weight excluding hydrogens is 266 g/mol. The average Bonchev–Trinajstić information content (AvgIpc) is 3.15. The first-order chi connectivity index (χ1) is 10.1. The zero-order chi connectivity index (χ0) is 15.0. The van der Waals surface area contributed by atoms with Gasteiger partial charge in [-0.1, -0.05) is 13.8 Å². The van der Waals surface area contributed by atoms with E-state index in [0.29, 0.717) is 30.6 Å². The molecule has 0 saturated heterocycles. The van der Waals surface area contributed by atoms with Crippen molar-refractivity contribution in [1.29, 1.82) is 0 Å². The van der Waals surface area contributed by atoms with Crippen molar-refractivity contribution in [3.05, 3.63) is 24.0 Å². The fraction of sp³-hybridized carbons (Fsp3) is 0.625. The number of carbonyl (C=O) groups excluding carboxylic acids is 2. The number of amides is 2. The molecule has 1 unspecified atom stereocenters. The summed E-state index contributed by atoms with van der Waals surface area (Å²) in [7, 11) is 0. The van der Waals surface area contributed by atoms with Crippen LogP contribution in [0.15, 0.2) is 18.3 Å². The smallest absolute Gasteiger partial charge is 0.271 e. The summed E-state index contributed by atoms with van der Waals surface area (Å²) < 4.78 is 1.89. The number of carbonyl (C=O) groups is 2. The second-order valence-corrected chi connectivity index (χ2v) is 6.60. The number of rotatable bonds is 5. The quantitative estimate of drug-likeness (QED) is 0.893. The lowest BCUT2D eigenvalue weighted by atomic mass is 10.1. The van der Waals surface area contributed by atoms with E-state index in [1.54, 1.807) is 4.90 Å². The van der Waals surface area contributed by atoms with E-state index in [4.69, 9.17) is 0 Å². The van der Waals surface area contributed by atoms with Crippen molar-refractivity contribution < 1.29 is 9.59 Å². The Balaban J connectivity index is 1.78. The van der Waals surface area contributed by atoms with E-state index in [1.165, 1.54) is 12.8 Å². The fourth-order valence-corrected chi connectivity index (χ4v) is 2.85. The van der Waals surface area contributed by atoms with E-state index in [1.807, 2.05) is 22.9 Å². The summed E-state index contributed by atoms with van der Waals surface area (Å²) in [6.07, 6.45) is 4.30. The van der Waals surface area contributed by atoms with E-state index < -0.39 is 6.04 Å². The Hall–Kier alpha value is -1.78. The number of aromatic nitrogens is 1. The molecule has 0 spiro atoms. The molecule has 114 valence electrons. The summed E-state index contributed by atoms with van der Waals surface area (Å²) in [6, 6.07) is 3.30. The second kappa shape index (κ2) is 5.54. The minimum absolute atomic E-state index is 0.0183. The molecule has 21 heavy (non-hydrogen) atoms. The Morgan fingerprint density at radius 3 is 2.86 bits per heavy atom. The number of hydrogen-bond donors (Lipinski definition) is 1. The van der Waals surface area contributed by atoms with Crippen LogP contribution in [0.4, 0.5) is 0 Å². The standard InChI is InChI=1S/C16H23N3O2/c1-11(2)9-19-14(15(20)17-8-12-5-6-12)10-18-7-3-4-13(18)16(19)21/h3-4,7,11-12,14H,5-6,8-10H2,1-2H3,(H,17,20). The monoisotopic (exact) mass is 289 g/mol. The maximum atomic E-state index is 12.6. The van der Waals surface area contributed by atoms with Crippen LogP contribution in [-0.2, 0) is 11.3 Å². The Morgan fingerprint density at radius 2 is 2.19 bits per heavy atom. The third kappa shape index (κ3) is 2.96. The molecule has 1 saturated carbocycles. The first-order valence-corrected chi connectivity index (χ1v) is 7.80. The maximum absolute atomic E-state index is 12.6. The largest absolute Gasteiger partial charge is 0.354 e. The van der Waals surface area contributed by atoms with Crippen LogP contribution in [0.25, 0.3) is 0 Å². The van der Waals surface area contributed by atoms with Gasteiger partial charge < -0.3 is 14.8 Å². The van der Waals surface area contributed by atoms with Crippen LogP contribution < -0.4 is 5.32 Å². The topological polar surface area (TPSA) is 54.3 Å². The zero-order valence-electron chi connectivity index (χ0n) is 12.7. The fourth-order valence-electron chi connectivity index (χ4n) is 2.85. The molecule has 1 aliphatic carbocycles. The average molecular weight is 289 g/mol. The third-order valence-corrected chi connectivity index (χ3v) is 4.18. The Labute approximate surface area is 125 Å². The van der Waals surface area contributed by atoms with Gasteiger partial charge in [-0.3, -0.25) is 9.59 Å². The molecule has 2 aliphatic rings. The second-order valence-electron chi connectivity index (χ2n) is 6.60. The number of nitrogens with one attached hydrogen (secondary N) is 1. The highest BCUT2D eigenvalue weighted by Crippen LogP contribution is 2.28. The molecule has 1 aliphatic heterocycles. The lowest BCUT2D eigenvalue weighted by Gasteiger charge is -2.36. The zero-order valence-corrected chi connectivity index (χ0v) is 12.7. The van der Waals surface area contributed by atoms with E-state index >= 15 is 0 Å². The van der Waals surface area contributed by atoms with E-state index in [2.05, 4.69) is 19.2 Å². The van der Waals surface area contributed by atoms with Crippen molar-refractivity contribution in [3.63, 3.8) is 0 Å². The number of nitrogens with zero attached hydrogens (tertiary/aromatic N) is 2. The van der Waals surface area contributed by atoms with Gasteiger partial charge in [0, 0.05) is 19.3 Å². The summed E-state index contributed by atoms with van der Waals surface area (Å²) in [5.41, 5.74) is 0.682. The molecule has 3 rings (SSSR count). The van der Waals surface area contributed by atoms with Gasteiger partial charge in [0.05, 0.1) is 6.54 Å². The van der Waals surface area contributed by atoms with Crippen molar-refractivity contribution in [2.45, 2.75) is 39.3 Å². The van der Waals surface area contributed by atoms with Gasteiger partial charge in [-0.05, 0) is 36.8 Å². The highest BCUT2D eigenvalue weighted by atomic mass is 16.2. The molecule has 1 fully saturated rings. The van der Waals surface area contributed by atoms with Crippen LogP contribution in [0.5, 0.6) is 0 Å². The van der Waals surface area contributed by atoms with E-state index in [9.17, 15) is 9.59 Å². The van der Waals surface area contributed by atoms with Gasteiger partial charge >= 0.3 is 0 Å². The van der Waals surface area contributed by atoms with Crippen molar-refractivity contribution >= 4 is 11.8 Å². The summed E-state index contributed by atoms with van der Waals surface area (Å²) in [4.78, 5) is 26.8. The first kappa shape index (κ1) is 14.2. The number of fused-ring (bicyclic) bond motifs is 1. The minimum Gasteiger partial charge on any atom is -0.354 e. The Bertz CT molecular complexity index is 545. The van der Waals surface area contributed by atoms with Crippen molar-refractivity contribution in [1.82, 2.24) is 14.8 Å². The van der Waals surface area contributed by atoms with Crippen LogP contribution >= 0.6 is 0 Å². The highest BCUT2D eigenvalue weighted by molar-refractivity contribution is 5.97. The molecule has 0 bridgehead atoms. The molecule has 1 aromatic rings. The van der Waals surface area contributed by atoms with Gasteiger partial charge in [-0.15, -0.1) is 0 Å². The molecule has 1 atom stereocenters. The van der Waals surface area contributed by atoms with Gasteiger partial charge in [0.15, 0.2) is 0 Å². The van der Waals surface area contributed by atoms with Gasteiger partial charge in [-0.2, -0.15) is 0 Å². The van der Waals surface area contributed by atoms with Crippen LogP contribution in [0, 0.1) is 11.8 Å². The van der Waals surface area contributed by atoms with Crippen LogP contribution in [0.2, 0.25) is 0 Å². The lowest BCUT2D eigenvalue weighted by Crippen LogP contribution is -2.56. The predicted octanol–water partition coefficient (Wildman–Crippen LogP) is 1.49. The molecule has 2 amide bonds. The Morgan fingerprint density at radius 1 is 1.43 bits per heavy atom. The molecular formula is C16H23N3O2. The van der Waals surface area contributed by atoms with Crippen molar-refractivity contribution in [2.24, 2.45) is 11.8 Å². The van der Waals surface area contributed by atoms with Gasteiger partial charge in [0.1, 0.15) is 11.7 Å². The molecule has 2 heterocycles. The van der Waals surface area contributed by atoms with Crippen molar-refractivity contribution in [2.75, 3.05) is 13.1 Å². The van der Waals surface area contributed by atoms with Crippen LogP contribution in [0.3, 0.4) is 0 Å². The minimum atomic E-state index is -0.390.